The van der Waals surface area contributed by atoms with Crippen LogP contribution >= 0.6 is 11.3 Å². The van der Waals surface area contributed by atoms with Gasteiger partial charge in [0.05, 0.1) is 24.3 Å². The van der Waals surface area contributed by atoms with Crippen LogP contribution in [0.1, 0.15) is 51.6 Å². The lowest BCUT2D eigenvalue weighted by Gasteiger charge is -2.35. The minimum absolute atomic E-state index is 0.0514. The first-order valence-corrected chi connectivity index (χ1v) is 10.3. The average molecular weight is 381 g/mol. The minimum atomic E-state index is -0.208. The second-order valence-corrected chi connectivity index (χ2v) is 8.17. The molecule has 1 aliphatic heterocycles. The number of nitrogens with one attached hydrogen (secondary N) is 2. The van der Waals surface area contributed by atoms with Crippen molar-refractivity contribution < 1.29 is 14.3 Å². The SMILES string of the molecule is CC1CN(C(=O)Cc2csc(NC(=O)NC3CCCCC3)n2)CC(C)O1. The fourth-order valence-electron chi connectivity index (χ4n) is 3.66. The zero-order chi connectivity index (χ0) is 18.5. The summed E-state index contributed by atoms with van der Waals surface area (Å²) in [5.74, 6) is 0.0514. The number of thiazole rings is 1. The Balaban J connectivity index is 1.48. The highest BCUT2D eigenvalue weighted by molar-refractivity contribution is 7.13. The fraction of sp³-hybridized carbons (Fsp3) is 0.722. The highest BCUT2D eigenvalue weighted by Gasteiger charge is 2.26. The van der Waals surface area contributed by atoms with Gasteiger partial charge >= 0.3 is 6.03 Å². The maximum atomic E-state index is 12.5. The second-order valence-electron chi connectivity index (χ2n) is 7.31. The molecule has 8 heteroatoms. The van der Waals surface area contributed by atoms with E-state index in [-0.39, 0.29) is 36.6 Å². The van der Waals surface area contributed by atoms with E-state index in [1.165, 1.54) is 30.6 Å². The van der Waals surface area contributed by atoms with Gasteiger partial charge in [0.25, 0.3) is 0 Å². The van der Waals surface area contributed by atoms with Gasteiger partial charge in [0.15, 0.2) is 5.13 Å². The third kappa shape index (κ3) is 5.41. The van der Waals surface area contributed by atoms with E-state index in [0.29, 0.717) is 23.9 Å². The van der Waals surface area contributed by atoms with Gasteiger partial charge in [-0.2, -0.15) is 0 Å². The Labute approximate surface area is 158 Å². The number of amides is 3. The number of rotatable bonds is 4. The van der Waals surface area contributed by atoms with Crippen LogP contribution in [0.2, 0.25) is 0 Å². The van der Waals surface area contributed by atoms with E-state index in [4.69, 9.17) is 4.74 Å². The monoisotopic (exact) mass is 380 g/mol. The Hall–Kier alpha value is -1.67. The van der Waals surface area contributed by atoms with Crippen LogP contribution < -0.4 is 10.6 Å². The number of carbonyl (C=O) groups is 2. The number of anilines is 1. The predicted octanol–water partition coefficient (Wildman–Crippen LogP) is 2.78. The molecule has 7 nitrogen and oxygen atoms in total. The van der Waals surface area contributed by atoms with Crippen LogP contribution in [-0.4, -0.2) is 53.2 Å². The molecule has 3 amide bonds. The second kappa shape index (κ2) is 8.81. The molecular weight excluding hydrogens is 352 g/mol. The van der Waals surface area contributed by atoms with Crippen molar-refractivity contribution in [3.63, 3.8) is 0 Å². The summed E-state index contributed by atoms with van der Waals surface area (Å²) < 4.78 is 5.67. The molecule has 2 N–H and O–H groups in total. The maximum Gasteiger partial charge on any atom is 0.321 e. The summed E-state index contributed by atoms with van der Waals surface area (Å²) in [7, 11) is 0. The first kappa shape index (κ1) is 19.1. The topological polar surface area (TPSA) is 83.6 Å². The fourth-order valence-corrected chi connectivity index (χ4v) is 4.36. The average Bonchev–Trinajstić information content (AvgIpc) is 3.01. The molecule has 2 fully saturated rings. The van der Waals surface area contributed by atoms with E-state index in [9.17, 15) is 9.59 Å². The number of aromatic nitrogens is 1. The van der Waals surface area contributed by atoms with Gasteiger partial charge in [-0.3, -0.25) is 10.1 Å². The molecule has 1 saturated carbocycles. The normalized spacial score (nSPS) is 24.3. The molecule has 2 unspecified atom stereocenters. The number of hydrogen-bond acceptors (Lipinski definition) is 5. The summed E-state index contributed by atoms with van der Waals surface area (Å²) in [4.78, 5) is 30.8. The molecule has 0 radical (unpaired) electrons. The molecule has 1 aromatic rings. The molecule has 0 bridgehead atoms. The minimum Gasteiger partial charge on any atom is -0.372 e. The van der Waals surface area contributed by atoms with Crippen molar-refractivity contribution in [1.29, 1.82) is 0 Å². The number of hydrogen-bond donors (Lipinski definition) is 2. The number of morpholine rings is 1. The van der Waals surface area contributed by atoms with Crippen LogP contribution in [0, 0.1) is 0 Å². The van der Waals surface area contributed by atoms with E-state index in [1.54, 1.807) is 0 Å². The van der Waals surface area contributed by atoms with Crippen LogP contribution in [0.3, 0.4) is 0 Å². The lowest BCUT2D eigenvalue weighted by atomic mass is 9.96. The summed E-state index contributed by atoms with van der Waals surface area (Å²) >= 11 is 1.35. The van der Waals surface area contributed by atoms with Crippen LogP contribution in [0.25, 0.3) is 0 Å². The van der Waals surface area contributed by atoms with Gasteiger partial charge < -0.3 is 15.0 Å². The van der Waals surface area contributed by atoms with E-state index >= 15 is 0 Å². The molecule has 1 saturated heterocycles. The van der Waals surface area contributed by atoms with E-state index in [0.717, 1.165) is 12.8 Å². The Morgan fingerprint density at radius 2 is 1.92 bits per heavy atom. The number of carbonyl (C=O) groups excluding carboxylic acids is 2. The number of urea groups is 1. The highest BCUT2D eigenvalue weighted by Crippen LogP contribution is 2.19. The van der Waals surface area contributed by atoms with Crippen LogP contribution in [0.15, 0.2) is 5.38 Å². The third-order valence-electron chi connectivity index (χ3n) is 4.82. The van der Waals surface area contributed by atoms with Crippen LogP contribution in [-0.2, 0) is 16.0 Å². The third-order valence-corrected chi connectivity index (χ3v) is 5.62. The number of ether oxygens (including phenoxy) is 1. The Bertz CT molecular complexity index is 620. The van der Waals surface area contributed by atoms with Crippen molar-refractivity contribution in [3.05, 3.63) is 11.1 Å². The maximum absolute atomic E-state index is 12.5. The largest absolute Gasteiger partial charge is 0.372 e. The van der Waals surface area contributed by atoms with E-state index in [1.807, 2.05) is 24.1 Å². The first-order valence-electron chi connectivity index (χ1n) is 9.44. The summed E-state index contributed by atoms with van der Waals surface area (Å²) in [5, 5.41) is 8.16. The molecule has 0 spiro atoms. The summed E-state index contributed by atoms with van der Waals surface area (Å²) in [6.45, 7) is 5.18. The zero-order valence-electron chi connectivity index (χ0n) is 15.5. The van der Waals surface area contributed by atoms with Crippen molar-refractivity contribution in [2.45, 2.75) is 70.6 Å². The molecule has 1 aromatic heterocycles. The molecule has 144 valence electrons. The van der Waals surface area contributed by atoms with E-state index < -0.39 is 0 Å². The predicted molar refractivity (Wildman–Crippen MR) is 101 cm³/mol. The quantitative estimate of drug-likeness (QED) is 0.841. The van der Waals surface area contributed by atoms with Gasteiger partial charge in [-0.15, -0.1) is 11.3 Å². The van der Waals surface area contributed by atoms with Crippen LogP contribution in [0.4, 0.5) is 9.93 Å². The van der Waals surface area contributed by atoms with Crippen molar-refractivity contribution in [3.8, 4) is 0 Å². The molecule has 3 rings (SSSR count). The molecule has 2 heterocycles. The van der Waals surface area contributed by atoms with Crippen molar-refractivity contribution in [2.75, 3.05) is 18.4 Å². The van der Waals surface area contributed by atoms with Crippen molar-refractivity contribution >= 4 is 28.4 Å². The Morgan fingerprint density at radius 1 is 1.23 bits per heavy atom. The summed E-state index contributed by atoms with van der Waals surface area (Å²) in [5.41, 5.74) is 0.694. The molecule has 1 aliphatic carbocycles. The lowest BCUT2D eigenvalue weighted by molar-refractivity contribution is -0.142. The molecule has 2 aliphatic rings. The van der Waals surface area contributed by atoms with Crippen molar-refractivity contribution in [1.82, 2.24) is 15.2 Å². The molecule has 2 atom stereocenters. The molecule has 26 heavy (non-hydrogen) atoms. The van der Waals surface area contributed by atoms with Crippen LogP contribution in [0.5, 0.6) is 0 Å². The smallest absolute Gasteiger partial charge is 0.321 e. The highest BCUT2D eigenvalue weighted by atomic mass is 32.1. The first-order chi connectivity index (χ1) is 12.5. The lowest BCUT2D eigenvalue weighted by Crippen LogP contribution is -2.48. The molecular formula is C18H28N4O3S. The van der Waals surface area contributed by atoms with Gasteiger partial charge in [-0.05, 0) is 26.7 Å². The number of nitrogens with zero attached hydrogens (tertiary/aromatic N) is 2. The zero-order valence-corrected chi connectivity index (χ0v) is 16.3. The van der Waals surface area contributed by atoms with Gasteiger partial charge in [-0.1, -0.05) is 19.3 Å². The van der Waals surface area contributed by atoms with Gasteiger partial charge in [0.2, 0.25) is 5.91 Å². The summed E-state index contributed by atoms with van der Waals surface area (Å²) in [6.07, 6.45) is 6.05. The molecule has 0 aromatic carbocycles. The standard InChI is InChI=1S/C18H28N4O3S/c1-12-9-22(10-13(2)25-12)16(23)8-15-11-26-18(20-15)21-17(24)19-14-6-4-3-5-7-14/h11-14H,3-10H2,1-2H3,(H2,19,20,21,24). The summed E-state index contributed by atoms with van der Waals surface area (Å²) in [6, 6.07) is 0.0509. The van der Waals surface area contributed by atoms with Crippen molar-refractivity contribution in [2.24, 2.45) is 0 Å². The Kier molecular flexibility index (Phi) is 6.48. The van der Waals surface area contributed by atoms with Gasteiger partial charge in [-0.25, -0.2) is 9.78 Å². The van der Waals surface area contributed by atoms with E-state index in [2.05, 4.69) is 15.6 Å². The Morgan fingerprint density at radius 3 is 2.62 bits per heavy atom. The van der Waals surface area contributed by atoms with Gasteiger partial charge in [0, 0.05) is 24.5 Å². The van der Waals surface area contributed by atoms with Gasteiger partial charge in [0.1, 0.15) is 0 Å².